The van der Waals surface area contributed by atoms with Crippen LogP contribution in [-0.2, 0) is 4.79 Å². The number of hydrogen-bond donors (Lipinski definition) is 1. The van der Waals surface area contributed by atoms with Gasteiger partial charge in [0.1, 0.15) is 0 Å². The molecule has 1 N–H and O–H groups in total. The Labute approximate surface area is 133 Å². The third kappa shape index (κ3) is 2.50. The van der Waals surface area contributed by atoms with E-state index in [1.807, 2.05) is 24.0 Å². The maximum Gasteiger partial charge on any atom is 0.261 e. The van der Waals surface area contributed by atoms with Crippen molar-refractivity contribution in [1.29, 1.82) is 0 Å². The third-order valence-electron chi connectivity index (χ3n) is 3.76. The summed E-state index contributed by atoms with van der Waals surface area (Å²) in [4.78, 5) is 27.5. The molecule has 7 heteroatoms. The Morgan fingerprint density at radius 1 is 1.26 bits per heavy atom. The van der Waals surface area contributed by atoms with Crippen molar-refractivity contribution >= 4 is 34.7 Å². The van der Waals surface area contributed by atoms with Crippen LogP contribution in [0.1, 0.15) is 24.2 Å². The lowest BCUT2D eigenvalue weighted by atomic mass is 10.2. The van der Waals surface area contributed by atoms with Crippen molar-refractivity contribution in [3.63, 3.8) is 0 Å². The molecule has 0 unspecified atom stereocenters. The van der Waals surface area contributed by atoms with Crippen LogP contribution >= 0.6 is 0 Å². The van der Waals surface area contributed by atoms with E-state index >= 15 is 0 Å². The highest BCUT2D eigenvalue weighted by atomic mass is 16.2. The lowest BCUT2D eigenvalue weighted by Crippen LogP contribution is -2.25. The molecule has 1 aromatic carbocycles. The number of aromatic nitrogens is 2. The van der Waals surface area contributed by atoms with Crippen LogP contribution in [0.2, 0.25) is 0 Å². The number of nitrogens with one attached hydrogen (secondary N) is 1. The van der Waals surface area contributed by atoms with Gasteiger partial charge in [0, 0.05) is 26.2 Å². The molecule has 0 aliphatic carbocycles. The van der Waals surface area contributed by atoms with E-state index in [2.05, 4.69) is 15.5 Å². The average Bonchev–Trinajstić information content (AvgIpc) is 2.62. The van der Waals surface area contributed by atoms with Gasteiger partial charge in [-0.2, -0.15) is 5.10 Å². The number of anilines is 4. The SMILES string of the molecule is CCN1c2ccc(NC(C)=O)cc2N(C)C(=O)c2ccnnc21. The van der Waals surface area contributed by atoms with E-state index in [0.29, 0.717) is 29.3 Å². The number of carbonyl (C=O) groups excluding carboxylic acids is 2. The van der Waals surface area contributed by atoms with Crippen molar-refractivity contribution in [2.45, 2.75) is 13.8 Å². The minimum atomic E-state index is -0.160. The second-order valence-electron chi connectivity index (χ2n) is 5.26. The Morgan fingerprint density at radius 3 is 2.74 bits per heavy atom. The molecule has 118 valence electrons. The van der Waals surface area contributed by atoms with E-state index in [9.17, 15) is 9.59 Å². The highest BCUT2D eigenvalue weighted by molar-refractivity contribution is 6.13. The smallest absolute Gasteiger partial charge is 0.261 e. The summed E-state index contributed by atoms with van der Waals surface area (Å²) in [5.41, 5.74) is 2.70. The Kier molecular flexibility index (Phi) is 3.69. The molecule has 1 aliphatic heterocycles. The predicted octanol–water partition coefficient (Wildman–Crippen LogP) is 2.18. The summed E-state index contributed by atoms with van der Waals surface area (Å²) >= 11 is 0. The molecular weight excluding hydrogens is 294 g/mol. The molecule has 0 saturated heterocycles. The van der Waals surface area contributed by atoms with Gasteiger partial charge in [-0.1, -0.05) is 0 Å². The molecular formula is C16H17N5O2. The first-order chi connectivity index (χ1) is 11.0. The third-order valence-corrected chi connectivity index (χ3v) is 3.76. The normalized spacial score (nSPS) is 13.3. The molecule has 1 aromatic heterocycles. The molecule has 2 aromatic rings. The van der Waals surface area contributed by atoms with Gasteiger partial charge in [0.15, 0.2) is 5.82 Å². The summed E-state index contributed by atoms with van der Waals surface area (Å²) in [7, 11) is 1.71. The molecule has 0 spiro atoms. The van der Waals surface area contributed by atoms with E-state index in [1.165, 1.54) is 13.1 Å². The fourth-order valence-electron chi connectivity index (χ4n) is 2.72. The van der Waals surface area contributed by atoms with Crippen LogP contribution in [0.25, 0.3) is 0 Å². The van der Waals surface area contributed by atoms with Crippen molar-refractivity contribution in [2.24, 2.45) is 0 Å². The van der Waals surface area contributed by atoms with Gasteiger partial charge in [-0.3, -0.25) is 9.59 Å². The van der Waals surface area contributed by atoms with Gasteiger partial charge in [0.2, 0.25) is 5.91 Å². The average molecular weight is 311 g/mol. The van der Waals surface area contributed by atoms with E-state index < -0.39 is 0 Å². The first-order valence-electron chi connectivity index (χ1n) is 7.32. The lowest BCUT2D eigenvalue weighted by Gasteiger charge is -2.24. The van der Waals surface area contributed by atoms with Crippen LogP contribution in [0.4, 0.5) is 22.9 Å². The molecule has 2 heterocycles. The molecule has 0 saturated carbocycles. The number of rotatable bonds is 2. The standard InChI is InChI=1S/C16H17N5O2/c1-4-21-13-6-5-11(18-10(2)22)9-14(13)20(3)16(23)12-7-8-17-19-15(12)21/h5-9H,4H2,1-3H3,(H,18,22). The monoisotopic (exact) mass is 311 g/mol. The number of fused-ring (bicyclic) bond motifs is 2. The molecule has 7 nitrogen and oxygen atoms in total. The van der Waals surface area contributed by atoms with Crippen molar-refractivity contribution < 1.29 is 9.59 Å². The maximum absolute atomic E-state index is 12.7. The van der Waals surface area contributed by atoms with Crippen LogP contribution in [0, 0.1) is 0 Å². The Balaban J connectivity index is 2.20. The lowest BCUT2D eigenvalue weighted by molar-refractivity contribution is -0.114. The van der Waals surface area contributed by atoms with Gasteiger partial charge in [-0.25, -0.2) is 0 Å². The van der Waals surface area contributed by atoms with E-state index in [0.717, 1.165) is 5.69 Å². The summed E-state index contributed by atoms with van der Waals surface area (Å²) in [5, 5.41) is 10.8. The highest BCUT2D eigenvalue weighted by Crippen LogP contribution is 2.39. The summed E-state index contributed by atoms with van der Waals surface area (Å²) in [5.74, 6) is 0.221. The first kappa shape index (κ1) is 15.0. The zero-order valence-corrected chi connectivity index (χ0v) is 13.2. The number of nitrogens with zero attached hydrogens (tertiary/aromatic N) is 4. The van der Waals surface area contributed by atoms with Gasteiger partial charge in [0.05, 0.1) is 23.1 Å². The van der Waals surface area contributed by atoms with E-state index in [4.69, 9.17) is 0 Å². The van der Waals surface area contributed by atoms with Crippen LogP contribution in [0.15, 0.2) is 30.5 Å². The quantitative estimate of drug-likeness (QED) is 0.919. The summed E-state index contributed by atoms with van der Waals surface area (Å²) in [6, 6.07) is 7.14. The fraction of sp³-hybridized carbons (Fsp3) is 0.250. The molecule has 1 aliphatic rings. The molecule has 23 heavy (non-hydrogen) atoms. The van der Waals surface area contributed by atoms with Crippen molar-refractivity contribution in [3.8, 4) is 0 Å². The summed E-state index contributed by atoms with van der Waals surface area (Å²) in [6.07, 6.45) is 1.51. The molecule has 0 fully saturated rings. The van der Waals surface area contributed by atoms with Gasteiger partial charge >= 0.3 is 0 Å². The van der Waals surface area contributed by atoms with Gasteiger partial charge in [-0.05, 0) is 31.2 Å². The van der Waals surface area contributed by atoms with E-state index in [-0.39, 0.29) is 11.8 Å². The van der Waals surface area contributed by atoms with Crippen LogP contribution in [0.5, 0.6) is 0 Å². The number of hydrogen-bond acceptors (Lipinski definition) is 5. The van der Waals surface area contributed by atoms with Crippen molar-refractivity contribution in [2.75, 3.05) is 28.7 Å². The van der Waals surface area contributed by atoms with Crippen LogP contribution < -0.4 is 15.1 Å². The Hall–Kier alpha value is -2.96. The minimum absolute atomic E-state index is 0.158. The second-order valence-corrected chi connectivity index (χ2v) is 5.26. The fourth-order valence-corrected chi connectivity index (χ4v) is 2.72. The Bertz CT molecular complexity index is 790. The Morgan fingerprint density at radius 2 is 2.04 bits per heavy atom. The number of amides is 2. The van der Waals surface area contributed by atoms with Gasteiger partial charge < -0.3 is 15.1 Å². The largest absolute Gasteiger partial charge is 0.326 e. The molecule has 2 amide bonds. The van der Waals surface area contributed by atoms with Crippen molar-refractivity contribution in [3.05, 3.63) is 36.0 Å². The molecule has 3 rings (SSSR count). The molecule has 0 bridgehead atoms. The van der Waals surface area contributed by atoms with Gasteiger partial charge in [-0.15, -0.1) is 5.10 Å². The molecule has 0 radical (unpaired) electrons. The maximum atomic E-state index is 12.7. The number of carbonyl (C=O) groups is 2. The summed E-state index contributed by atoms with van der Waals surface area (Å²) < 4.78 is 0. The highest BCUT2D eigenvalue weighted by Gasteiger charge is 2.29. The van der Waals surface area contributed by atoms with Gasteiger partial charge in [0.25, 0.3) is 5.91 Å². The van der Waals surface area contributed by atoms with Crippen LogP contribution in [-0.4, -0.2) is 35.6 Å². The van der Waals surface area contributed by atoms with Crippen molar-refractivity contribution in [1.82, 2.24) is 10.2 Å². The zero-order valence-electron chi connectivity index (χ0n) is 13.2. The first-order valence-corrected chi connectivity index (χ1v) is 7.32. The predicted molar refractivity (Wildman–Crippen MR) is 88.2 cm³/mol. The topological polar surface area (TPSA) is 78.4 Å². The molecule has 0 atom stereocenters. The summed E-state index contributed by atoms with van der Waals surface area (Å²) in [6.45, 7) is 4.07. The number of benzene rings is 1. The van der Waals surface area contributed by atoms with E-state index in [1.54, 1.807) is 24.1 Å². The minimum Gasteiger partial charge on any atom is -0.326 e. The zero-order chi connectivity index (χ0) is 16.6. The van der Waals surface area contributed by atoms with Crippen LogP contribution in [0.3, 0.4) is 0 Å². The second kappa shape index (κ2) is 5.68.